The van der Waals surface area contributed by atoms with E-state index in [0.717, 1.165) is 12.8 Å². The zero-order chi connectivity index (χ0) is 18.4. The summed E-state index contributed by atoms with van der Waals surface area (Å²) < 4.78 is 43.6. The second-order valence-corrected chi connectivity index (χ2v) is 6.33. The molecular formula is C16H13ClF3N5O. The van der Waals surface area contributed by atoms with Crippen LogP contribution in [0.2, 0.25) is 5.15 Å². The molecule has 0 N–H and O–H groups in total. The third kappa shape index (κ3) is 2.67. The number of rotatable bonds is 2. The molecule has 0 spiro atoms. The Labute approximate surface area is 151 Å². The van der Waals surface area contributed by atoms with Crippen molar-refractivity contribution in [2.45, 2.75) is 25.8 Å². The molecule has 2 aromatic heterocycles. The molecule has 3 heterocycles. The molecule has 10 heteroatoms. The van der Waals surface area contributed by atoms with Crippen molar-refractivity contribution >= 4 is 23.2 Å². The van der Waals surface area contributed by atoms with Crippen LogP contribution >= 0.6 is 11.6 Å². The van der Waals surface area contributed by atoms with Crippen LogP contribution in [-0.4, -0.2) is 32.2 Å². The van der Waals surface area contributed by atoms with Gasteiger partial charge in [0.1, 0.15) is 28.9 Å². The number of halogens is 4. The largest absolute Gasteiger partial charge is 0.272 e. The van der Waals surface area contributed by atoms with Gasteiger partial charge in [-0.2, -0.15) is 19.6 Å². The standard InChI is InChI=1S/C16H13ClF3N5O/c1-8-3-2-4-26-25(8)15-13(12-10(19)5-9(18)6-11(12)20)14(17)23-16-21-7-22-24(15)16/h5-8H,2-4H2,1H3. The summed E-state index contributed by atoms with van der Waals surface area (Å²) in [4.78, 5) is 13.7. The molecule has 0 bridgehead atoms. The monoisotopic (exact) mass is 383 g/mol. The molecule has 0 radical (unpaired) electrons. The summed E-state index contributed by atoms with van der Waals surface area (Å²) in [6, 6.07) is 1.06. The number of hydroxylamine groups is 1. The van der Waals surface area contributed by atoms with Crippen molar-refractivity contribution in [3.8, 4) is 11.1 Å². The Hall–Kier alpha value is -2.39. The molecule has 0 aliphatic carbocycles. The van der Waals surface area contributed by atoms with Crippen molar-refractivity contribution in [1.82, 2.24) is 19.6 Å². The quantitative estimate of drug-likeness (QED) is 0.630. The summed E-state index contributed by atoms with van der Waals surface area (Å²) >= 11 is 6.25. The Kier molecular flexibility index (Phi) is 4.20. The molecule has 1 saturated heterocycles. The fourth-order valence-corrected chi connectivity index (χ4v) is 3.31. The van der Waals surface area contributed by atoms with Gasteiger partial charge in [-0.3, -0.25) is 4.84 Å². The van der Waals surface area contributed by atoms with E-state index in [1.54, 1.807) is 0 Å². The van der Waals surface area contributed by atoms with Gasteiger partial charge < -0.3 is 0 Å². The number of hydrogen-bond acceptors (Lipinski definition) is 5. The number of nitrogens with zero attached hydrogens (tertiary/aromatic N) is 5. The van der Waals surface area contributed by atoms with Crippen LogP contribution in [0.1, 0.15) is 19.8 Å². The molecule has 4 rings (SSSR count). The van der Waals surface area contributed by atoms with Crippen LogP contribution in [0.15, 0.2) is 18.5 Å². The topological polar surface area (TPSA) is 55.5 Å². The third-order valence-electron chi connectivity index (χ3n) is 4.22. The molecule has 0 amide bonds. The van der Waals surface area contributed by atoms with Gasteiger partial charge in [0.05, 0.1) is 23.8 Å². The van der Waals surface area contributed by atoms with E-state index in [9.17, 15) is 13.2 Å². The van der Waals surface area contributed by atoms with Gasteiger partial charge in [0.15, 0.2) is 5.82 Å². The van der Waals surface area contributed by atoms with E-state index in [2.05, 4.69) is 15.1 Å². The van der Waals surface area contributed by atoms with Crippen molar-refractivity contribution in [1.29, 1.82) is 0 Å². The first-order valence-corrected chi connectivity index (χ1v) is 8.31. The Bertz CT molecular complexity index is 972. The minimum absolute atomic E-state index is 0.0755. The third-order valence-corrected chi connectivity index (χ3v) is 4.49. The Morgan fingerprint density at radius 3 is 2.62 bits per heavy atom. The normalized spacial score (nSPS) is 17.9. The van der Waals surface area contributed by atoms with Gasteiger partial charge >= 0.3 is 0 Å². The molecule has 1 unspecified atom stereocenters. The first kappa shape index (κ1) is 17.0. The predicted molar refractivity (Wildman–Crippen MR) is 88.2 cm³/mol. The fraction of sp³-hybridized carbons (Fsp3) is 0.312. The Morgan fingerprint density at radius 2 is 1.92 bits per heavy atom. The maximum atomic E-state index is 14.5. The Morgan fingerprint density at radius 1 is 1.19 bits per heavy atom. The first-order valence-electron chi connectivity index (χ1n) is 7.93. The van der Waals surface area contributed by atoms with E-state index in [1.165, 1.54) is 15.9 Å². The second kappa shape index (κ2) is 6.40. The average molecular weight is 384 g/mol. The smallest absolute Gasteiger partial charge is 0.255 e. The lowest BCUT2D eigenvalue weighted by atomic mass is 10.0. The van der Waals surface area contributed by atoms with Gasteiger partial charge in [-0.05, 0) is 19.8 Å². The van der Waals surface area contributed by atoms with Crippen molar-refractivity contribution in [2.75, 3.05) is 11.7 Å². The second-order valence-electron chi connectivity index (χ2n) is 5.97. The van der Waals surface area contributed by atoms with Gasteiger partial charge in [-0.15, -0.1) is 0 Å². The van der Waals surface area contributed by atoms with Crippen LogP contribution in [-0.2, 0) is 4.84 Å². The predicted octanol–water partition coefficient (Wildman–Crippen LogP) is 3.78. The van der Waals surface area contributed by atoms with Gasteiger partial charge in [-0.25, -0.2) is 18.2 Å². The highest BCUT2D eigenvalue weighted by Gasteiger charge is 2.31. The maximum absolute atomic E-state index is 14.5. The van der Waals surface area contributed by atoms with Crippen molar-refractivity contribution in [3.63, 3.8) is 0 Å². The Balaban J connectivity index is 2.06. The lowest BCUT2D eigenvalue weighted by molar-refractivity contribution is 0.0510. The molecule has 136 valence electrons. The molecule has 26 heavy (non-hydrogen) atoms. The molecule has 0 saturated carbocycles. The highest BCUT2D eigenvalue weighted by molar-refractivity contribution is 6.33. The average Bonchev–Trinajstić information content (AvgIpc) is 3.03. The van der Waals surface area contributed by atoms with Crippen LogP contribution in [0.3, 0.4) is 0 Å². The summed E-state index contributed by atoms with van der Waals surface area (Å²) in [6.07, 6.45) is 2.88. The van der Waals surface area contributed by atoms with Crippen LogP contribution < -0.4 is 5.06 Å². The SMILES string of the molecule is CC1CCCON1c1c(-c2c(F)cc(F)cc2F)c(Cl)nc2ncnn12. The van der Waals surface area contributed by atoms with Crippen molar-refractivity contribution < 1.29 is 18.0 Å². The van der Waals surface area contributed by atoms with E-state index in [0.29, 0.717) is 18.7 Å². The molecular weight excluding hydrogens is 371 g/mol. The highest BCUT2D eigenvalue weighted by Crippen LogP contribution is 2.40. The van der Waals surface area contributed by atoms with Crippen LogP contribution in [0.25, 0.3) is 16.9 Å². The van der Waals surface area contributed by atoms with Crippen LogP contribution in [0, 0.1) is 17.5 Å². The van der Waals surface area contributed by atoms with Crippen molar-refractivity contribution in [2.24, 2.45) is 0 Å². The number of aromatic nitrogens is 4. The van der Waals surface area contributed by atoms with Gasteiger partial charge in [-0.1, -0.05) is 11.6 Å². The molecule has 1 aromatic carbocycles. The summed E-state index contributed by atoms with van der Waals surface area (Å²) in [7, 11) is 0. The fourth-order valence-electron chi connectivity index (χ4n) is 3.06. The molecule has 1 fully saturated rings. The summed E-state index contributed by atoms with van der Waals surface area (Å²) in [5.41, 5.74) is -0.578. The first-order chi connectivity index (χ1) is 12.5. The minimum Gasteiger partial charge on any atom is -0.272 e. The van der Waals surface area contributed by atoms with Gasteiger partial charge in [0, 0.05) is 12.1 Å². The van der Waals surface area contributed by atoms with E-state index >= 15 is 0 Å². The summed E-state index contributed by atoms with van der Waals surface area (Å²) in [6.45, 7) is 2.33. The highest BCUT2D eigenvalue weighted by atomic mass is 35.5. The number of fused-ring (bicyclic) bond motifs is 1. The van der Waals surface area contributed by atoms with E-state index < -0.39 is 23.0 Å². The molecule has 1 aliphatic heterocycles. The zero-order valence-corrected chi connectivity index (χ0v) is 14.3. The molecule has 3 aromatic rings. The van der Waals surface area contributed by atoms with Crippen molar-refractivity contribution in [3.05, 3.63) is 41.1 Å². The summed E-state index contributed by atoms with van der Waals surface area (Å²) in [5.74, 6) is -2.89. The lowest BCUT2D eigenvalue weighted by Crippen LogP contribution is -2.39. The van der Waals surface area contributed by atoms with E-state index in [1.807, 2.05) is 6.92 Å². The maximum Gasteiger partial charge on any atom is 0.255 e. The lowest BCUT2D eigenvalue weighted by Gasteiger charge is -2.35. The van der Waals surface area contributed by atoms with E-state index in [-0.39, 0.29) is 28.4 Å². The zero-order valence-electron chi connectivity index (χ0n) is 13.6. The van der Waals surface area contributed by atoms with E-state index in [4.69, 9.17) is 16.4 Å². The molecule has 1 atom stereocenters. The summed E-state index contributed by atoms with van der Waals surface area (Å²) in [5, 5.41) is 5.38. The number of hydrogen-bond donors (Lipinski definition) is 0. The van der Waals surface area contributed by atoms with Crippen LogP contribution in [0.5, 0.6) is 0 Å². The number of anilines is 1. The van der Waals surface area contributed by atoms with Crippen LogP contribution in [0.4, 0.5) is 19.0 Å². The van der Waals surface area contributed by atoms with Gasteiger partial charge in [0.25, 0.3) is 5.78 Å². The molecule has 6 nitrogen and oxygen atoms in total. The molecule has 1 aliphatic rings. The minimum atomic E-state index is -1.10. The number of benzene rings is 1. The van der Waals surface area contributed by atoms with Gasteiger partial charge in [0.2, 0.25) is 0 Å².